The van der Waals surface area contributed by atoms with Crippen molar-refractivity contribution in [1.29, 1.82) is 5.26 Å². The third kappa shape index (κ3) is 4.05. The minimum Gasteiger partial charge on any atom is -0.309 e. The molecule has 238 valence electrons. The molecule has 0 spiro atoms. The fourth-order valence-corrected chi connectivity index (χ4v) is 8.69. The number of nitrogens with zero attached hydrogens (tertiary/aromatic N) is 4. The van der Waals surface area contributed by atoms with E-state index in [1.54, 1.807) is 0 Å². The van der Waals surface area contributed by atoms with Gasteiger partial charge in [0.25, 0.3) is 0 Å². The molecule has 0 aliphatic heterocycles. The highest BCUT2D eigenvalue weighted by Gasteiger charge is 2.38. The maximum atomic E-state index is 9.61. The SMILES string of the molecule is [C-]#[N+]c1ccc2c(c1)-c1ccc3c(c1C2(C)C)c1ccccc1n3-c1cccc(-c2cccc(-n3c4ccccc4c4cc(C#N)ccc43)c2)c1. The predicted octanol–water partition coefficient (Wildman–Crippen LogP) is 12.3. The molecule has 2 heterocycles. The molecule has 0 saturated heterocycles. The van der Waals surface area contributed by atoms with Gasteiger partial charge in [-0.05, 0) is 100 Å². The van der Waals surface area contributed by atoms with E-state index in [1.165, 1.54) is 38.5 Å². The Balaban J connectivity index is 1.15. The van der Waals surface area contributed by atoms with Crippen molar-refractivity contribution in [3.63, 3.8) is 0 Å². The van der Waals surface area contributed by atoms with E-state index in [0.717, 1.165) is 49.9 Å². The van der Waals surface area contributed by atoms with E-state index in [1.807, 2.05) is 18.2 Å². The normalized spacial score (nSPS) is 13.0. The van der Waals surface area contributed by atoms with Crippen LogP contribution in [0.25, 0.3) is 82.1 Å². The minimum atomic E-state index is -0.217. The van der Waals surface area contributed by atoms with Crippen molar-refractivity contribution in [3.8, 4) is 39.7 Å². The fourth-order valence-electron chi connectivity index (χ4n) is 8.69. The third-order valence-electron chi connectivity index (χ3n) is 10.9. The van der Waals surface area contributed by atoms with Crippen molar-refractivity contribution in [2.24, 2.45) is 0 Å². The largest absolute Gasteiger partial charge is 0.309 e. The van der Waals surface area contributed by atoms with E-state index in [0.29, 0.717) is 11.3 Å². The van der Waals surface area contributed by atoms with Crippen LogP contribution in [0.2, 0.25) is 0 Å². The summed E-state index contributed by atoms with van der Waals surface area (Å²) in [5.74, 6) is 0. The number of rotatable bonds is 3. The van der Waals surface area contributed by atoms with Gasteiger partial charge in [0, 0.05) is 38.3 Å². The number of nitriles is 1. The van der Waals surface area contributed by atoms with Crippen molar-refractivity contribution >= 4 is 49.3 Å². The minimum absolute atomic E-state index is 0.217. The maximum absolute atomic E-state index is 9.61. The summed E-state index contributed by atoms with van der Waals surface area (Å²) in [5, 5.41) is 14.3. The molecule has 10 rings (SSSR count). The molecule has 0 radical (unpaired) electrons. The van der Waals surface area contributed by atoms with Gasteiger partial charge in [0.2, 0.25) is 0 Å². The second kappa shape index (κ2) is 10.6. The summed E-state index contributed by atoms with van der Waals surface area (Å²) in [6.45, 7) is 12.3. The van der Waals surface area contributed by atoms with Crippen LogP contribution < -0.4 is 0 Å². The van der Waals surface area contributed by atoms with Crippen molar-refractivity contribution in [3.05, 3.63) is 174 Å². The zero-order valence-corrected chi connectivity index (χ0v) is 28.1. The molecule has 1 aliphatic carbocycles. The Morgan fingerprint density at radius 3 is 1.90 bits per heavy atom. The standard InChI is InChI=1S/C47H30N4/c1-47(2)40-21-19-32(49-3)27-38(40)36-20-23-44-45(46(36)47)37-15-5-7-17-42(37)51(44)34-13-9-11-31(26-34)30-10-8-12-33(25-30)50-41-16-6-4-14-35(41)39-24-29(28-48)18-22-43(39)50/h4-27H,1-2H3. The van der Waals surface area contributed by atoms with E-state index < -0.39 is 0 Å². The lowest BCUT2D eigenvalue weighted by Crippen LogP contribution is -2.15. The van der Waals surface area contributed by atoms with E-state index in [-0.39, 0.29) is 5.41 Å². The molecule has 51 heavy (non-hydrogen) atoms. The van der Waals surface area contributed by atoms with Crippen molar-refractivity contribution < 1.29 is 0 Å². The second-order valence-corrected chi connectivity index (χ2v) is 14.0. The van der Waals surface area contributed by atoms with Crippen molar-refractivity contribution in [2.75, 3.05) is 0 Å². The zero-order chi connectivity index (χ0) is 34.4. The van der Waals surface area contributed by atoms with Crippen LogP contribution in [-0.4, -0.2) is 9.13 Å². The second-order valence-electron chi connectivity index (χ2n) is 14.0. The van der Waals surface area contributed by atoms with Gasteiger partial charge in [-0.15, -0.1) is 0 Å². The van der Waals surface area contributed by atoms with Crippen LogP contribution in [0, 0.1) is 17.9 Å². The third-order valence-corrected chi connectivity index (χ3v) is 10.9. The summed E-state index contributed by atoms with van der Waals surface area (Å²) in [6, 6.07) is 53.6. The molecule has 4 heteroatoms. The lowest BCUT2D eigenvalue weighted by molar-refractivity contribution is 0.666. The van der Waals surface area contributed by atoms with Crippen LogP contribution in [-0.2, 0) is 5.41 Å². The van der Waals surface area contributed by atoms with Gasteiger partial charge in [0.15, 0.2) is 5.69 Å². The zero-order valence-electron chi connectivity index (χ0n) is 28.1. The number of benzene rings is 7. The monoisotopic (exact) mass is 650 g/mol. The Bertz CT molecular complexity index is 3030. The van der Waals surface area contributed by atoms with Crippen molar-refractivity contribution in [1.82, 2.24) is 9.13 Å². The van der Waals surface area contributed by atoms with Crippen LogP contribution in [0.5, 0.6) is 0 Å². The Morgan fingerprint density at radius 1 is 0.569 bits per heavy atom. The molecule has 0 bridgehead atoms. The van der Waals surface area contributed by atoms with Gasteiger partial charge in [-0.3, -0.25) is 0 Å². The highest BCUT2D eigenvalue weighted by Crippen LogP contribution is 2.54. The molecule has 7 aromatic carbocycles. The molecule has 0 amide bonds. The van der Waals surface area contributed by atoms with Crippen LogP contribution >= 0.6 is 0 Å². The van der Waals surface area contributed by atoms with Gasteiger partial charge in [0.05, 0.1) is 40.3 Å². The number of para-hydroxylation sites is 2. The summed E-state index contributed by atoms with van der Waals surface area (Å²) in [4.78, 5) is 3.74. The average Bonchev–Trinajstić information content (AvgIpc) is 3.77. The number of hydrogen-bond acceptors (Lipinski definition) is 1. The van der Waals surface area contributed by atoms with Gasteiger partial charge >= 0.3 is 0 Å². The molecular weight excluding hydrogens is 621 g/mol. The van der Waals surface area contributed by atoms with Gasteiger partial charge in [0.1, 0.15) is 0 Å². The Labute approximate surface area is 295 Å². The van der Waals surface area contributed by atoms with E-state index in [4.69, 9.17) is 6.57 Å². The van der Waals surface area contributed by atoms with Gasteiger partial charge in [-0.1, -0.05) is 92.7 Å². The number of fused-ring (bicyclic) bond motifs is 10. The first kappa shape index (κ1) is 29.1. The van der Waals surface area contributed by atoms with Crippen LogP contribution in [0.4, 0.5) is 5.69 Å². The first-order valence-corrected chi connectivity index (χ1v) is 17.2. The van der Waals surface area contributed by atoms with Crippen LogP contribution in [0.1, 0.15) is 30.5 Å². The lowest BCUT2D eigenvalue weighted by atomic mass is 9.80. The van der Waals surface area contributed by atoms with E-state index >= 15 is 0 Å². The number of hydrogen-bond donors (Lipinski definition) is 0. The fraction of sp³-hybridized carbons (Fsp3) is 0.0638. The molecule has 0 atom stereocenters. The highest BCUT2D eigenvalue weighted by atomic mass is 15.0. The highest BCUT2D eigenvalue weighted by molar-refractivity contribution is 6.14. The van der Waals surface area contributed by atoms with Crippen LogP contribution in [0.15, 0.2) is 146 Å². The van der Waals surface area contributed by atoms with Gasteiger partial charge in [-0.25, -0.2) is 4.85 Å². The molecule has 1 aliphatic rings. The molecule has 2 aromatic heterocycles. The quantitative estimate of drug-likeness (QED) is 0.175. The molecule has 0 N–H and O–H groups in total. The van der Waals surface area contributed by atoms with E-state index in [9.17, 15) is 5.26 Å². The molecule has 9 aromatic rings. The van der Waals surface area contributed by atoms with Crippen molar-refractivity contribution in [2.45, 2.75) is 19.3 Å². The first-order chi connectivity index (χ1) is 25.0. The molecule has 0 unspecified atom stereocenters. The maximum Gasteiger partial charge on any atom is 0.187 e. The van der Waals surface area contributed by atoms with Gasteiger partial charge < -0.3 is 9.13 Å². The summed E-state index contributed by atoms with van der Waals surface area (Å²) in [6.07, 6.45) is 0. The molecule has 0 saturated carbocycles. The van der Waals surface area contributed by atoms with Gasteiger partial charge in [-0.2, -0.15) is 5.26 Å². The summed E-state index contributed by atoms with van der Waals surface area (Å²) in [7, 11) is 0. The van der Waals surface area contributed by atoms with Crippen LogP contribution in [0.3, 0.4) is 0 Å². The topological polar surface area (TPSA) is 38.0 Å². The summed E-state index contributed by atoms with van der Waals surface area (Å²) in [5.41, 5.74) is 15.1. The Hall–Kier alpha value is -6.88. The molecular formula is C47H30N4. The Morgan fingerprint density at radius 2 is 1.20 bits per heavy atom. The average molecular weight is 651 g/mol. The summed E-state index contributed by atoms with van der Waals surface area (Å²) >= 11 is 0. The predicted molar refractivity (Wildman–Crippen MR) is 209 cm³/mol. The Kier molecular flexibility index (Phi) is 6.02. The van der Waals surface area contributed by atoms with E-state index in [2.05, 4.69) is 161 Å². The summed E-state index contributed by atoms with van der Waals surface area (Å²) < 4.78 is 4.70. The molecule has 0 fully saturated rings. The lowest BCUT2D eigenvalue weighted by Gasteiger charge is -2.22. The number of aromatic nitrogens is 2. The first-order valence-electron chi connectivity index (χ1n) is 17.2. The smallest absolute Gasteiger partial charge is 0.187 e. The molecule has 4 nitrogen and oxygen atoms in total.